The normalized spacial score (nSPS) is 11.8. The Labute approximate surface area is 150 Å². The van der Waals surface area contributed by atoms with Crippen molar-refractivity contribution in [3.63, 3.8) is 0 Å². The molecule has 0 aliphatic heterocycles. The third-order valence-corrected chi connectivity index (χ3v) is 3.65. The lowest BCUT2D eigenvalue weighted by Gasteiger charge is -2.13. The second-order valence-electron chi connectivity index (χ2n) is 5.19. The fourth-order valence-electron chi connectivity index (χ4n) is 2.10. The molecule has 130 valence electrons. The van der Waals surface area contributed by atoms with Crippen LogP contribution in [0.4, 0.5) is 0 Å². The van der Waals surface area contributed by atoms with Gasteiger partial charge in [-0.05, 0) is 30.7 Å². The first-order chi connectivity index (χ1) is 12.0. The smallest absolute Gasteiger partial charge is 0.329 e. The molecule has 2 aromatic rings. The molecule has 6 nitrogen and oxygen atoms in total. The van der Waals surface area contributed by atoms with Crippen molar-refractivity contribution in [1.82, 2.24) is 10.7 Å². The molecule has 2 rings (SSSR count). The summed E-state index contributed by atoms with van der Waals surface area (Å²) in [5.41, 5.74) is 3.65. The quantitative estimate of drug-likeness (QED) is 0.489. The van der Waals surface area contributed by atoms with Gasteiger partial charge in [-0.25, -0.2) is 5.43 Å². The minimum Gasteiger partial charge on any atom is -0.496 e. The molecule has 0 fully saturated rings. The van der Waals surface area contributed by atoms with Gasteiger partial charge < -0.3 is 10.1 Å². The molecule has 0 radical (unpaired) electrons. The number of amides is 2. The maximum Gasteiger partial charge on any atom is 0.329 e. The second-order valence-corrected chi connectivity index (χ2v) is 5.63. The van der Waals surface area contributed by atoms with Gasteiger partial charge in [0.05, 0.1) is 19.4 Å². The number of methoxy groups -OCH3 is 1. The van der Waals surface area contributed by atoms with Gasteiger partial charge in [0.15, 0.2) is 0 Å². The second kappa shape index (κ2) is 8.84. The summed E-state index contributed by atoms with van der Waals surface area (Å²) < 4.78 is 5.17. The molecule has 2 amide bonds. The topological polar surface area (TPSA) is 79.8 Å². The molecule has 0 unspecified atom stereocenters. The first-order valence-electron chi connectivity index (χ1n) is 7.53. The van der Waals surface area contributed by atoms with Crippen LogP contribution in [0.3, 0.4) is 0 Å². The summed E-state index contributed by atoms with van der Waals surface area (Å²) >= 11 is 5.91. The zero-order chi connectivity index (χ0) is 18.2. The highest BCUT2D eigenvalue weighted by molar-refractivity contribution is 6.35. The van der Waals surface area contributed by atoms with Gasteiger partial charge in [-0.3, -0.25) is 9.59 Å². The maximum atomic E-state index is 11.9. The van der Waals surface area contributed by atoms with Crippen LogP contribution in [-0.4, -0.2) is 25.1 Å². The van der Waals surface area contributed by atoms with Crippen LogP contribution in [0, 0.1) is 0 Å². The van der Waals surface area contributed by atoms with Crippen molar-refractivity contribution in [3.05, 3.63) is 64.7 Å². The molecule has 0 aromatic heterocycles. The van der Waals surface area contributed by atoms with E-state index in [4.69, 9.17) is 16.3 Å². The van der Waals surface area contributed by atoms with E-state index in [9.17, 15) is 9.59 Å². The van der Waals surface area contributed by atoms with Crippen LogP contribution in [0.2, 0.25) is 5.02 Å². The Hall–Kier alpha value is -2.86. The Morgan fingerprint density at radius 1 is 1.16 bits per heavy atom. The lowest BCUT2D eigenvalue weighted by atomic mass is 10.1. The predicted molar refractivity (Wildman–Crippen MR) is 96.7 cm³/mol. The van der Waals surface area contributed by atoms with E-state index in [1.54, 1.807) is 25.1 Å². The minimum absolute atomic E-state index is 0.295. The first-order valence-corrected chi connectivity index (χ1v) is 7.91. The Balaban J connectivity index is 1.93. The average Bonchev–Trinajstić information content (AvgIpc) is 2.62. The van der Waals surface area contributed by atoms with Crippen LogP contribution in [0.15, 0.2) is 53.6 Å². The van der Waals surface area contributed by atoms with Gasteiger partial charge in [-0.15, -0.1) is 0 Å². The number of nitrogens with one attached hydrogen (secondary N) is 2. The fraction of sp³-hybridized carbons (Fsp3) is 0.167. The molecule has 0 spiro atoms. The molecule has 0 aliphatic rings. The molecule has 0 heterocycles. The zero-order valence-electron chi connectivity index (χ0n) is 13.8. The van der Waals surface area contributed by atoms with Crippen LogP contribution >= 0.6 is 11.6 Å². The number of hydrogen-bond donors (Lipinski definition) is 2. The average molecular weight is 360 g/mol. The molecular weight excluding hydrogens is 342 g/mol. The minimum atomic E-state index is -0.861. The van der Waals surface area contributed by atoms with Crippen LogP contribution in [0.1, 0.15) is 24.1 Å². The molecule has 0 saturated carbocycles. The van der Waals surface area contributed by atoms with Crippen molar-refractivity contribution in [2.45, 2.75) is 13.0 Å². The standard InChI is InChI=1S/C18H18ClN3O3/c1-12(13-6-4-3-5-7-13)21-17(23)18(24)22-20-11-14-10-15(19)8-9-16(14)25-2/h3-12H,1-2H3,(H,21,23)(H,22,24)/b20-11-/t12-/m0/s1. The summed E-state index contributed by atoms with van der Waals surface area (Å²) in [7, 11) is 1.51. The van der Waals surface area contributed by atoms with Gasteiger partial charge in [0, 0.05) is 10.6 Å². The van der Waals surface area contributed by atoms with E-state index in [2.05, 4.69) is 15.8 Å². The number of carbonyl (C=O) groups excluding carboxylic acids is 2. The van der Waals surface area contributed by atoms with Crippen molar-refractivity contribution in [2.75, 3.05) is 7.11 Å². The molecule has 0 saturated heterocycles. The lowest BCUT2D eigenvalue weighted by Crippen LogP contribution is -2.39. The van der Waals surface area contributed by atoms with Gasteiger partial charge in [-0.2, -0.15) is 5.10 Å². The Morgan fingerprint density at radius 2 is 1.88 bits per heavy atom. The number of benzene rings is 2. The molecular formula is C18H18ClN3O3. The molecule has 25 heavy (non-hydrogen) atoms. The maximum absolute atomic E-state index is 11.9. The Morgan fingerprint density at radius 3 is 2.56 bits per heavy atom. The van der Waals surface area contributed by atoms with Crippen LogP contribution < -0.4 is 15.5 Å². The van der Waals surface area contributed by atoms with E-state index in [0.717, 1.165) is 5.56 Å². The van der Waals surface area contributed by atoms with E-state index >= 15 is 0 Å². The number of carbonyl (C=O) groups is 2. The summed E-state index contributed by atoms with van der Waals surface area (Å²) in [6.07, 6.45) is 1.36. The van der Waals surface area contributed by atoms with Crippen molar-refractivity contribution < 1.29 is 14.3 Å². The van der Waals surface area contributed by atoms with Gasteiger partial charge in [0.25, 0.3) is 0 Å². The van der Waals surface area contributed by atoms with Crippen molar-refractivity contribution >= 4 is 29.6 Å². The van der Waals surface area contributed by atoms with Crippen LogP contribution in [0.5, 0.6) is 5.75 Å². The highest BCUT2D eigenvalue weighted by Gasteiger charge is 2.16. The van der Waals surface area contributed by atoms with Gasteiger partial charge in [0.2, 0.25) is 0 Å². The van der Waals surface area contributed by atoms with E-state index in [1.165, 1.54) is 13.3 Å². The molecule has 2 aromatic carbocycles. The van der Waals surface area contributed by atoms with Crippen LogP contribution in [0.25, 0.3) is 0 Å². The van der Waals surface area contributed by atoms with Gasteiger partial charge >= 0.3 is 11.8 Å². The number of hydrazone groups is 1. The molecule has 0 bridgehead atoms. The third-order valence-electron chi connectivity index (χ3n) is 3.41. The highest BCUT2D eigenvalue weighted by Crippen LogP contribution is 2.20. The number of hydrogen-bond acceptors (Lipinski definition) is 4. The zero-order valence-corrected chi connectivity index (χ0v) is 14.6. The Kier molecular flexibility index (Phi) is 6.54. The number of halogens is 1. The summed E-state index contributed by atoms with van der Waals surface area (Å²) in [5, 5.41) is 6.88. The summed E-state index contributed by atoms with van der Waals surface area (Å²) in [5.74, 6) is -1.09. The molecule has 1 atom stereocenters. The number of nitrogens with zero attached hydrogens (tertiary/aromatic N) is 1. The van der Waals surface area contributed by atoms with Gasteiger partial charge in [-0.1, -0.05) is 41.9 Å². The molecule has 7 heteroatoms. The fourth-order valence-corrected chi connectivity index (χ4v) is 2.29. The SMILES string of the molecule is COc1ccc(Cl)cc1/C=N\NC(=O)C(=O)N[C@@H](C)c1ccccc1. The van der Waals surface area contributed by atoms with Crippen LogP contribution in [-0.2, 0) is 9.59 Å². The van der Waals surface area contributed by atoms with Crippen molar-refractivity contribution in [2.24, 2.45) is 5.10 Å². The van der Waals surface area contributed by atoms with Crippen molar-refractivity contribution in [3.8, 4) is 5.75 Å². The number of ether oxygens (including phenoxy) is 1. The molecule has 2 N–H and O–H groups in total. The Bertz CT molecular complexity index is 778. The molecule has 0 aliphatic carbocycles. The van der Waals surface area contributed by atoms with E-state index < -0.39 is 11.8 Å². The van der Waals surface area contributed by atoms with E-state index in [-0.39, 0.29) is 6.04 Å². The largest absolute Gasteiger partial charge is 0.496 e. The summed E-state index contributed by atoms with van der Waals surface area (Å²) in [4.78, 5) is 23.7. The highest BCUT2D eigenvalue weighted by atomic mass is 35.5. The predicted octanol–water partition coefficient (Wildman–Crippen LogP) is 2.68. The number of rotatable bonds is 5. The van der Waals surface area contributed by atoms with Crippen molar-refractivity contribution in [1.29, 1.82) is 0 Å². The lowest BCUT2D eigenvalue weighted by molar-refractivity contribution is -0.139. The van der Waals surface area contributed by atoms with E-state index in [1.807, 2.05) is 30.3 Å². The summed E-state index contributed by atoms with van der Waals surface area (Å²) in [6.45, 7) is 1.79. The van der Waals surface area contributed by atoms with Gasteiger partial charge in [0.1, 0.15) is 5.75 Å². The third kappa shape index (κ3) is 5.32. The van der Waals surface area contributed by atoms with E-state index in [0.29, 0.717) is 16.3 Å². The monoisotopic (exact) mass is 359 g/mol. The summed E-state index contributed by atoms with van der Waals surface area (Å²) in [6, 6.07) is 14.0. The first kappa shape index (κ1) is 18.5.